The van der Waals surface area contributed by atoms with E-state index in [2.05, 4.69) is 0 Å². The van der Waals surface area contributed by atoms with Crippen LogP contribution >= 0.6 is 0 Å². The van der Waals surface area contributed by atoms with Gasteiger partial charge in [0.2, 0.25) is 0 Å². The van der Waals surface area contributed by atoms with Crippen LogP contribution in [0.3, 0.4) is 0 Å². The molecule has 1 aliphatic rings. The normalized spacial score (nSPS) is 13.2. The molecule has 1 aliphatic heterocycles. The van der Waals surface area contributed by atoms with Crippen LogP contribution in [-0.4, -0.2) is 11.1 Å². The SMILES string of the molecule is O=C1OCc2c1cc1cc(O)ccc1c2-c1ccc(F)cc1. The maximum Gasteiger partial charge on any atom is 0.338 e. The van der Waals surface area contributed by atoms with Gasteiger partial charge >= 0.3 is 5.97 Å². The summed E-state index contributed by atoms with van der Waals surface area (Å²) in [6, 6.07) is 12.9. The molecule has 0 amide bonds. The highest BCUT2D eigenvalue weighted by Gasteiger charge is 2.26. The molecule has 0 saturated heterocycles. The van der Waals surface area contributed by atoms with Crippen molar-refractivity contribution in [2.24, 2.45) is 0 Å². The first kappa shape index (κ1) is 12.8. The Morgan fingerprint density at radius 2 is 1.82 bits per heavy atom. The first-order chi connectivity index (χ1) is 10.6. The van der Waals surface area contributed by atoms with Gasteiger partial charge in [-0.15, -0.1) is 0 Å². The maximum absolute atomic E-state index is 13.2. The number of carbonyl (C=O) groups is 1. The van der Waals surface area contributed by atoms with E-state index in [0.29, 0.717) is 5.56 Å². The summed E-state index contributed by atoms with van der Waals surface area (Å²) in [7, 11) is 0. The number of carbonyl (C=O) groups excluding carboxylic acids is 1. The summed E-state index contributed by atoms with van der Waals surface area (Å²) < 4.78 is 18.3. The van der Waals surface area contributed by atoms with Gasteiger partial charge in [0.1, 0.15) is 18.2 Å². The molecule has 0 aromatic heterocycles. The van der Waals surface area contributed by atoms with E-state index in [1.165, 1.54) is 12.1 Å². The third-order valence-electron chi connectivity index (χ3n) is 3.93. The minimum Gasteiger partial charge on any atom is -0.508 e. The molecule has 0 radical (unpaired) electrons. The molecule has 0 bridgehead atoms. The second-order valence-corrected chi connectivity index (χ2v) is 5.27. The van der Waals surface area contributed by atoms with E-state index in [-0.39, 0.29) is 24.1 Å². The molecule has 3 aromatic carbocycles. The second kappa shape index (κ2) is 4.56. The number of hydrogen-bond acceptors (Lipinski definition) is 3. The molecule has 4 heteroatoms. The molecule has 22 heavy (non-hydrogen) atoms. The van der Waals surface area contributed by atoms with Gasteiger partial charge in [-0.05, 0) is 52.2 Å². The summed E-state index contributed by atoms with van der Waals surface area (Å²) in [5.41, 5.74) is 2.96. The predicted octanol–water partition coefficient (Wildman–Crippen LogP) is 4.02. The Labute approximate surface area is 125 Å². The number of cyclic esters (lactones) is 1. The van der Waals surface area contributed by atoms with Crippen LogP contribution in [0, 0.1) is 5.82 Å². The molecular formula is C18H11FO3. The van der Waals surface area contributed by atoms with Crippen molar-refractivity contribution in [1.82, 2.24) is 0 Å². The summed E-state index contributed by atoms with van der Waals surface area (Å²) in [5, 5.41) is 11.3. The number of phenols is 1. The van der Waals surface area contributed by atoms with Crippen LogP contribution in [0.25, 0.3) is 21.9 Å². The number of aromatic hydroxyl groups is 1. The molecule has 1 N–H and O–H groups in total. The van der Waals surface area contributed by atoms with Crippen molar-refractivity contribution in [3.63, 3.8) is 0 Å². The maximum atomic E-state index is 13.2. The van der Waals surface area contributed by atoms with Gasteiger partial charge in [-0.2, -0.15) is 0 Å². The summed E-state index contributed by atoms with van der Waals surface area (Å²) in [6.07, 6.45) is 0. The highest BCUT2D eigenvalue weighted by atomic mass is 19.1. The van der Waals surface area contributed by atoms with E-state index < -0.39 is 0 Å². The summed E-state index contributed by atoms with van der Waals surface area (Å²) in [4.78, 5) is 11.9. The zero-order valence-corrected chi connectivity index (χ0v) is 11.5. The molecule has 0 saturated carbocycles. The fourth-order valence-corrected chi connectivity index (χ4v) is 2.93. The molecule has 4 rings (SSSR count). The average molecular weight is 294 g/mol. The highest BCUT2D eigenvalue weighted by molar-refractivity contribution is 6.07. The minimum absolute atomic E-state index is 0.129. The van der Waals surface area contributed by atoms with Crippen LogP contribution in [0.2, 0.25) is 0 Å². The summed E-state index contributed by atoms with van der Waals surface area (Å²) in [6.45, 7) is 0.206. The van der Waals surface area contributed by atoms with Crippen LogP contribution in [0.1, 0.15) is 15.9 Å². The van der Waals surface area contributed by atoms with Crippen molar-refractivity contribution in [2.75, 3.05) is 0 Å². The van der Waals surface area contributed by atoms with Crippen molar-refractivity contribution >= 4 is 16.7 Å². The lowest BCUT2D eigenvalue weighted by Gasteiger charge is -2.12. The summed E-state index contributed by atoms with van der Waals surface area (Å²) >= 11 is 0. The van der Waals surface area contributed by atoms with E-state index in [0.717, 1.165) is 27.5 Å². The molecule has 0 aliphatic carbocycles. The molecule has 0 unspecified atom stereocenters. The Balaban J connectivity index is 2.11. The average Bonchev–Trinajstić information content (AvgIpc) is 2.87. The first-order valence-corrected chi connectivity index (χ1v) is 6.85. The van der Waals surface area contributed by atoms with Crippen LogP contribution in [0.4, 0.5) is 4.39 Å². The zero-order chi connectivity index (χ0) is 15.3. The third-order valence-corrected chi connectivity index (χ3v) is 3.93. The van der Waals surface area contributed by atoms with Gasteiger partial charge in [0.05, 0.1) is 5.56 Å². The van der Waals surface area contributed by atoms with Crippen molar-refractivity contribution in [1.29, 1.82) is 0 Å². The molecule has 108 valence electrons. The van der Waals surface area contributed by atoms with Gasteiger partial charge < -0.3 is 9.84 Å². The number of rotatable bonds is 1. The van der Waals surface area contributed by atoms with Crippen LogP contribution in [0.5, 0.6) is 5.75 Å². The van der Waals surface area contributed by atoms with Crippen LogP contribution in [0.15, 0.2) is 48.5 Å². The fourth-order valence-electron chi connectivity index (χ4n) is 2.93. The Kier molecular flexibility index (Phi) is 2.66. The number of benzene rings is 3. The number of halogens is 1. The highest BCUT2D eigenvalue weighted by Crippen LogP contribution is 2.39. The monoisotopic (exact) mass is 294 g/mol. The zero-order valence-electron chi connectivity index (χ0n) is 11.5. The molecule has 0 fully saturated rings. The Hall–Kier alpha value is -2.88. The Morgan fingerprint density at radius 3 is 2.59 bits per heavy atom. The standard InChI is InChI=1S/C18H11FO3/c19-12-3-1-10(2-4-12)17-14-6-5-13(20)7-11(14)8-15-16(17)9-22-18(15)21/h1-8,20H,9H2. The van der Waals surface area contributed by atoms with E-state index in [1.54, 1.807) is 36.4 Å². The minimum atomic E-state index is -0.372. The van der Waals surface area contributed by atoms with Gasteiger partial charge in [-0.1, -0.05) is 18.2 Å². The lowest BCUT2D eigenvalue weighted by Crippen LogP contribution is -1.95. The predicted molar refractivity (Wildman–Crippen MR) is 80.1 cm³/mol. The van der Waals surface area contributed by atoms with Crippen LogP contribution in [-0.2, 0) is 11.3 Å². The van der Waals surface area contributed by atoms with Crippen molar-refractivity contribution in [2.45, 2.75) is 6.61 Å². The quantitative estimate of drug-likeness (QED) is 0.689. The molecule has 1 heterocycles. The lowest BCUT2D eigenvalue weighted by molar-refractivity contribution is 0.0535. The third kappa shape index (κ3) is 1.84. The van der Waals surface area contributed by atoms with Crippen LogP contribution < -0.4 is 0 Å². The van der Waals surface area contributed by atoms with Crippen molar-refractivity contribution < 1.29 is 19.0 Å². The van der Waals surface area contributed by atoms with Gasteiger partial charge in [-0.25, -0.2) is 9.18 Å². The molecular weight excluding hydrogens is 283 g/mol. The number of fused-ring (bicyclic) bond motifs is 2. The Bertz CT molecular complexity index is 914. The van der Waals surface area contributed by atoms with E-state index in [4.69, 9.17) is 4.74 Å². The van der Waals surface area contributed by atoms with Gasteiger partial charge in [-0.3, -0.25) is 0 Å². The Morgan fingerprint density at radius 1 is 1.05 bits per heavy atom. The lowest BCUT2D eigenvalue weighted by atomic mass is 9.90. The van der Waals surface area contributed by atoms with E-state index in [1.807, 2.05) is 0 Å². The molecule has 0 spiro atoms. The first-order valence-electron chi connectivity index (χ1n) is 6.85. The molecule has 3 aromatic rings. The van der Waals surface area contributed by atoms with E-state index in [9.17, 15) is 14.3 Å². The van der Waals surface area contributed by atoms with Crippen molar-refractivity contribution in [3.05, 3.63) is 65.5 Å². The fraction of sp³-hybridized carbons (Fsp3) is 0.0556. The molecule has 0 atom stereocenters. The van der Waals surface area contributed by atoms with Gasteiger partial charge in [0.15, 0.2) is 0 Å². The van der Waals surface area contributed by atoms with Gasteiger partial charge in [0, 0.05) is 5.56 Å². The summed E-state index contributed by atoms with van der Waals surface area (Å²) in [5.74, 6) is -0.557. The number of hydrogen-bond donors (Lipinski definition) is 1. The number of phenolic OH excluding ortho intramolecular Hbond substituents is 1. The largest absolute Gasteiger partial charge is 0.508 e. The number of ether oxygens (including phenoxy) is 1. The number of esters is 1. The van der Waals surface area contributed by atoms with E-state index >= 15 is 0 Å². The van der Waals surface area contributed by atoms with Crippen molar-refractivity contribution in [3.8, 4) is 16.9 Å². The second-order valence-electron chi connectivity index (χ2n) is 5.27. The van der Waals surface area contributed by atoms with Gasteiger partial charge in [0.25, 0.3) is 0 Å². The molecule has 3 nitrogen and oxygen atoms in total. The smallest absolute Gasteiger partial charge is 0.338 e. The topological polar surface area (TPSA) is 46.5 Å².